The Balaban J connectivity index is 2.79. The Hall–Kier alpha value is -0.450. The molecule has 0 N–H and O–H groups in total. The fourth-order valence-electron chi connectivity index (χ4n) is 0.926. The van der Waals surface area contributed by atoms with Gasteiger partial charge in [0, 0.05) is 4.90 Å². The monoisotopic (exact) mass is 262 g/mol. The van der Waals surface area contributed by atoms with Crippen LogP contribution in [-0.4, -0.2) is 18.1 Å². The van der Waals surface area contributed by atoms with E-state index in [0.717, 1.165) is 10.6 Å². The van der Waals surface area contributed by atoms with E-state index in [1.165, 1.54) is 11.8 Å². The Morgan fingerprint density at radius 2 is 2.27 bits per heavy atom. The van der Waals surface area contributed by atoms with Crippen molar-refractivity contribution in [1.82, 2.24) is 0 Å². The first-order valence-electron chi connectivity index (χ1n) is 4.35. The minimum atomic E-state index is 0.465. The van der Waals surface area contributed by atoms with E-state index in [4.69, 9.17) is 33.3 Å². The van der Waals surface area contributed by atoms with Crippen molar-refractivity contribution in [1.29, 1.82) is 0 Å². The van der Waals surface area contributed by atoms with Crippen LogP contribution in [0.25, 0.3) is 0 Å². The van der Waals surface area contributed by atoms with Gasteiger partial charge in [0.15, 0.2) is 0 Å². The highest BCUT2D eigenvalue weighted by molar-refractivity contribution is 8.22. The fraction of sp³-hybridized carbons (Fsp3) is 0.300. The maximum atomic E-state index is 6.01. The van der Waals surface area contributed by atoms with Gasteiger partial charge >= 0.3 is 0 Å². The predicted molar refractivity (Wildman–Crippen MR) is 68.1 cm³/mol. The van der Waals surface area contributed by atoms with Crippen LogP contribution < -0.4 is 4.74 Å². The molecule has 0 unspecified atom stereocenters. The summed E-state index contributed by atoms with van der Waals surface area (Å²) >= 11 is 12.3. The van der Waals surface area contributed by atoms with Gasteiger partial charge in [-0.15, -0.1) is 0 Å². The van der Waals surface area contributed by atoms with Crippen molar-refractivity contribution in [3.8, 4) is 5.75 Å². The molecule has 5 heteroatoms. The smallest absolute Gasteiger partial charge is 0.224 e. The molecular formula is C10H11ClO2S2. The van der Waals surface area contributed by atoms with Crippen molar-refractivity contribution in [3.05, 3.63) is 23.2 Å². The average Bonchev–Trinajstić information content (AvgIpc) is 2.21. The van der Waals surface area contributed by atoms with Crippen molar-refractivity contribution in [2.75, 3.05) is 13.7 Å². The normalized spacial score (nSPS) is 9.80. The van der Waals surface area contributed by atoms with E-state index in [0.29, 0.717) is 16.0 Å². The zero-order chi connectivity index (χ0) is 11.3. The van der Waals surface area contributed by atoms with Crippen LogP contribution in [0.1, 0.15) is 6.92 Å². The van der Waals surface area contributed by atoms with Crippen molar-refractivity contribution >= 4 is 40.0 Å². The van der Waals surface area contributed by atoms with Crippen LogP contribution in [0.5, 0.6) is 5.75 Å². The molecule has 1 rings (SSSR count). The van der Waals surface area contributed by atoms with Gasteiger partial charge in [-0.2, -0.15) is 0 Å². The number of hydrogen-bond donors (Lipinski definition) is 0. The summed E-state index contributed by atoms with van der Waals surface area (Å²) in [4.78, 5) is 0.842. The lowest BCUT2D eigenvalue weighted by Gasteiger charge is -2.07. The highest BCUT2D eigenvalue weighted by atomic mass is 35.5. The molecule has 2 nitrogen and oxygen atoms in total. The van der Waals surface area contributed by atoms with E-state index in [1.54, 1.807) is 19.2 Å². The van der Waals surface area contributed by atoms with Gasteiger partial charge in [0.25, 0.3) is 0 Å². The van der Waals surface area contributed by atoms with E-state index < -0.39 is 0 Å². The van der Waals surface area contributed by atoms with Gasteiger partial charge in [-0.05, 0) is 49.1 Å². The maximum absolute atomic E-state index is 6.01. The summed E-state index contributed by atoms with van der Waals surface area (Å²) in [6.45, 7) is 2.45. The van der Waals surface area contributed by atoms with Crippen molar-refractivity contribution in [2.45, 2.75) is 11.8 Å². The lowest BCUT2D eigenvalue weighted by molar-refractivity contribution is 0.346. The van der Waals surface area contributed by atoms with Crippen LogP contribution in [0.15, 0.2) is 23.1 Å². The van der Waals surface area contributed by atoms with E-state index in [2.05, 4.69) is 0 Å². The molecule has 0 amide bonds. The van der Waals surface area contributed by atoms with Crippen LogP contribution in [0.2, 0.25) is 5.02 Å². The number of thioether (sulfide) groups is 1. The highest BCUT2D eigenvalue weighted by Crippen LogP contribution is 2.31. The molecular weight excluding hydrogens is 252 g/mol. The zero-order valence-electron chi connectivity index (χ0n) is 8.45. The zero-order valence-corrected chi connectivity index (χ0v) is 10.8. The van der Waals surface area contributed by atoms with Gasteiger partial charge in [0.1, 0.15) is 5.75 Å². The molecule has 0 aliphatic carbocycles. The van der Waals surface area contributed by atoms with Crippen LogP contribution in [0, 0.1) is 0 Å². The van der Waals surface area contributed by atoms with E-state index in [9.17, 15) is 0 Å². The molecule has 15 heavy (non-hydrogen) atoms. The maximum Gasteiger partial charge on any atom is 0.224 e. The number of hydrogen-bond acceptors (Lipinski definition) is 4. The molecule has 0 fully saturated rings. The molecule has 0 spiro atoms. The Morgan fingerprint density at radius 3 is 2.87 bits per heavy atom. The SMILES string of the molecule is CCOC(=S)Sc1cc(OC)ccc1Cl. The summed E-state index contributed by atoms with van der Waals surface area (Å²) in [6, 6.07) is 5.41. The van der Waals surface area contributed by atoms with E-state index >= 15 is 0 Å². The number of thiocarbonyl (C=S) groups is 1. The summed E-state index contributed by atoms with van der Waals surface area (Å²) in [5, 5.41) is 0.642. The highest BCUT2D eigenvalue weighted by Gasteiger charge is 2.07. The molecule has 1 aromatic rings. The molecule has 0 saturated heterocycles. The Bertz CT molecular complexity index is 355. The van der Waals surface area contributed by atoms with Crippen LogP contribution in [0.3, 0.4) is 0 Å². The number of methoxy groups -OCH3 is 1. The van der Waals surface area contributed by atoms with Crippen LogP contribution >= 0.6 is 35.6 Å². The topological polar surface area (TPSA) is 18.5 Å². The molecule has 0 heterocycles. The second-order valence-electron chi connectivity index (χ2n) is 2.58. The standard InChI is InChI=1S/C10H11ClO2S2/c1-3-13-10(14)15-9-6-7(12-2)4-5-8(9)11/h4-6H,3H2,1-2H3. The number of ether oxygens (including phenoxy) is 2. The van der Waals surface area contributed by atoms with Crippen molar-refractivity contribution < 1.29 is 9.47 Å². The minimum absolute atomic E-state index is 0.465. The summed E-state index contributed by atoms with van der Waals surface area (Å²) in [6.07, 6.45) is 0. The van der Waals surface area contributed by atoms with Gasteiger partial charge in [-0.25, -0.2) is 0 Å². The summed E-state index contributed by atoms with van der Waals surface area (Å²) < 4.78 is 10.7. The van der Waals surface area contributed by atoms with Crippen LogP contribution in [0.4, 0.5) is 0 Å². The molecule has 0 saturated carbocycles. The van der Waals surface area contributed by atoms with Crippen molar-refractivity contribution in [2.24, 2.45) is 0 Å². The lowest BCUT2D eigenvalue weighted by Crippen LogP contribution is -1.95. The third-order valence-electron chi connectivity index (χ3n) is 1.59. The second-order valence-corrected chi connectivity index (χ2v) is 4.63. The molecule has 0 aliphatic heterocycles. The van der Waals surface area contributed by atoms with Crippen LogP contribution in [-0.2, 0) is 4.74 Å². The summed E-state index contributed by atoms with van der Waals surface area (Å²) in [5.41, 5.74) is 0. The average molecular weight is 263 g/mol. The minimum Gasteiger partial charge on any atom is -0.497 e. The Labute approximate surface area is 104 Å². The van der Waals surface area contributed by atoms with Gasteiger partial charge in [0.05, 0.1) is 18.7 Å². The number of rotatable bonds is 3. The first kappa shape index (κ1) is 12.6. The number of benzene rings is 1. The van der Waals surface area contributed by atoms with Gasteiger partial charge in [0.2, 0.25) is 4.38 Å². The molecule has 0 atom stereocenters. The third-order valence-corrected chi connectivity index (χ3v) is 3.25. The van der Waals surface area contributed by atoms with Gasteiger partial charge < -0.3 is 9.47 Å². The second kappa shape index (κ2) is 6.20. The van der Waals surface area contributed by atoms with Crippen molar-refractivity contribution in [3.63, 3.8) is 0 Å². The quantitative estimate of drug-likeness (QED) is 0.610. The fourth-order valence-corrected chi connectivity index (χ4v) is 2.24. The summed E-state index contributed by atoms with van der Waals surface area (Å²) in [5.74, 6) is 0.751. The Kier molecular flexibility index (Phi) is 5.22. The number of halogens is 1. The molecule has 0 aromatic heterocycles. The molecule has 0 aliphatic rings. The molecule has 0 radical (unpaired) electrons. The molecule has 0 bridgehead atoms. The first-order valence-corrected chi connectivity index (χ1v) is 5.95. The lowest BCUT2D eigenvalue weighted by atomic mass is 10.3. The predicted octanol–water partition coefficient (Wildman–Crippen LogP) is 3.76. The van der Waals surface area contributed by atoms with E-state index in [-0.39, 0.29) is 0 Å². The first-order chi connectivity index (χ1) is 7.17. The van der Waals surface area contributed by atoms with E-state index in [1.807, 2.05) is 13.0 Å². The summed E-state index contributed by atoms with van der Waals surface area (Å²) in [7, 11) is 1.61. The third kappa shape index (κ3) is 3.89. The molecule has 82 valence electrons. The largest absolute Gasteiger partial charge is 0.497 e. The Morgan fingerprint density at radius 1 is 1.53 bits per heavy atom. The van der Waals surface area contributed by atoms with Gasteiger partial charge in [-0.3, -0.25) is 0 Å². The molecule has 1 aromatic carbocycles. The van der Waals surface area contributed by atoms with Gasteiger partial charge in [-0.1, -0.05) is 11.6 Å².